The van der Waals surface area contributed by atoms with Crippen molar-refractivity contribution in [3.8, 4) is 5.75 Å². The number of benzene rings is 1. The van der Waals surface area contributed by atoms with E-state index in [1.54, 1.807) is 36.5 Å². The van der Waals surface area contributed by atoms with Crippen LogP contribution in [0.1, 0.15) is 25.3 Å². The summed E-state index contributed by atoms with van der Waals surface area (Å²) in [5.74, 6) is 0.570. The van der Waals surface area contributed by atoms with Gasteiger partial charge in [0, 0.05) is 26.1 Å². The van der Waals surface area contributed by atoms with E-state index >= 15 is 0 Å². The molecule has 0 aliphatic carbocycles. The largest absolute Gasteiger partial charge is 0.478 e. The summed E-state index contributed by atoms with van der Waals surface area (Å²) in [5.41, 5.74) is 0.733. The van der Waals surface area contributed by atoms with Crippen LogP contribution in [0.5, 0.6) is 5.75 Å². The smallest absolute Gasteiger partial charge is 0.347 e. The maximum atomic E-state index is 13.2. The average Bonchev–Trinajstić information content (AvgIpc) is 3.12. The van der Waals surface area contributed by atoms with Gasteiger partial charge in [0.05, 0.1) is 11.5 Å². The molecule has 4 heterocycles. The predicted molar refractivity (Wildman–Crippen MR) is 99.1 cm³/mol. The molecule has 1 aromatic rings. The van der Waals surface area contributed by atoms with Crippen molar-refractivity contribution in [2.45, 2.75) is 43.2 Å². The summed E-state index contributed by atoms with van der Waals surface area (Å²) in [5, 5.41) is 0. The highest BCUT2D eigenvalue weighted by Gasteiger charge is 2.41. The number of carbonyl (C=O) groups excluding carboxylic acids is 1. The number of rotatable bonds is 5. The van der Waals surface area contributed by atoms with Crippen LogP contribution in [0.25, 0.3) is 0 Å². The van der Waals surface area contributed by atoms with Crippen molar-refractivity contribution >= 4 is 16.0 Å². The zero-order chi connectivity index (χ0) is 19.2. The van der Waals surface area contributed by atoms with E-state index in [1.807, 2.05) is 0 Å². The highest BCUT2D eigenvalue weighted by molar-refractivity contribution is 7.89. The molecule has 1 aromatic carbocycles. The molecule has 27 heavy (non-hydrogen) atoms. The van der Waals surface area contributed by atoms with Crippen molar-refractivity contribution in [3.63, 3.8) is 0 Å². The lowest BCUT2D eigenvalue weighted by molar-refractivity contribution is -0.150. The summed E-state index contributed by atoms with van der Waals surface area (Å²) in [6.07, 6.45) is 1.76. The van der Waals surface area contributed by atoms with Gasteiger partial charge in [-0.25, -0.2) is 13.2 Å². The maximum absolute atomic E-state index is 13.2. The van der Waals surface area contributed by atoms with Crippen LogP contribution in [0.15, 0.2) is 23.1 Å². The number of carbonyl (C=O) groups is 1. The Kier molecular flexibility index (Phi) is 4.90. The monoisotopic (exact) mass is 394 g/mol. The van der Waals surface area contributed by atoms with Gasteiger partial charge >= 0.3 is 5.97 Å². The van der Waals surface area contributed by atoms with Crippen molar-refractivity contribution in [2.24, 2.45) is 5.92 Å². The van der Waals surface area contributed by atoms with E-state index in [9.17, 15) is 13.2 Å². The van der Waals surface area contributed by atoms with Gasteiger partial charge in [-0.15, -0.1) is 0 Å². The summed E-state index contributed by atoms with van der Waals surface area (Å²) in [6, 6.07) is 4.88. The molecular weight excluding hydrogens is 368 g/mol. The van der Waals surface area contributed by atoms with Crippen molar-refractivity contribution in [2.75, 3.05) is 33.3 Å². The maximum Gasteiger partial charge on any atom is 0.347 e. The lowest BCUT2D eigenvalue weighted by Gasteiger charge is -2.47. The van der Waals surface area contributed by atoms with E-state index in [1.165, 1.54) is 0 Å². The van der Waals surface area contributed by atoms with Crippen LogP contribution >= 0.6 is 0 Å². The second-order valence-corrected chi connectivity index (χ2v) is 9.56. The van der Waals surface area contributed by atoms with Gasteiger partial charge in [-0.05, 0) is 62.5 Å². The van der Waals surface area contributed by atoms with Crippen LogP contribution in [0.3, 0.4) is 0 Å². The Hall–Kier alpha value is -1.64. The van der Waals surface area contributed by atoms with Crippen molar-refractivity contribution in [1.82, 2.24) is 9.21 Å². The van der Waals surface area contributed by atoms with Crippen molar-refractivity contribution < 1.29 is 22.7 Å². The van der Waals surface area contributed by atoms with Gasteiger partial charge in [-0.2, -0.15) is 4.31 Å². The lowest BCUT2D eigenvalue weighted by atomic mass is 9.84. The third-order valence-electron chi connectivity index (χ3n) is 6.02. The highest BCUT2D eigenvalue weighted by Crippen LogP contribution is 2.35. The number of esters is 1. The Balaban J connectivity index is 1.54. The molecular formula is C19H26N2O5S. The summed E-state index contributed by atoms with van der Waals surface area (Å²) < 4.78 is 38.6. The van der Waals surface area contributed by atoms with Crippen LogP contribution in [-0.4, -0.2) is 69.0 Å². The number of nitrogens with zero attached hydrogens (tertiary/aromatic N) is 2. The third kappa shape index (κ3) is 3.34. The summed E-state index contributed by atoms with van der Waals surface area (Å²) in [6.45, 7) is 4.98. The molecule has 5 rings (SSSR count). The molecule has 4 aliphatic rings. The number of sulfonamides is 1. The van der Waals surface area contributed by atoms with Crippen LogP contribution < -0.4 is 4.74 Å². The molecule has 0 spiro atoms. The Labute approximate surface area is 160 Å². The number of hydrogen-bond donors (Lipinski definition) is 0. The molecule has 0 amide bonds. The molecule has 2 bridgehead atoms. The molecule has 4 aliphatic heterocycles. The lowest BCUT2D eigenvalue weighted by Crippen LogP contribution is -2.57. The van der Waals surface area contributed by atoms with Crippen LogP contribution in [-0.2, 0) is 26.0 Å². The number of ether oxygens (including phenoxy) is 2. The second kappa shape index (κ2) is 7.07. The van der Waals surface area contributed by atoms with Gasteiger partial charge in [0.15, 0.2) is 6.10 Å². The molecule has 0 N–H and O–H groups in total. The van der Waals surface area contributed by atoms with E-state index in [4.69, 9.17) is 9.47 Å². The number of likely N-dealkylation sites (N-methyl/N-ethyl adjacent to an activating group) is 1. The van der Waals surface area contributed by atoms with Crippen LogP contribution in [0, 0.1) is 5.92 Å². The zero-order valence-corrected chi connectivity index (χ0v) is 16.6. The SMILES string of the molecule is CCOC(=O)C1Cc2cc(S(=O)(=O)N(C)C3CN4CCC3CC4)ccc2O1. The number of hydrogen-bond acceptors (Lipinski definition) is 6. The topological polar surface area (TPSA) is 76.2 Å². The third-order valence-corrected chi connectivity index (χ3v) is 7.90. The highest BCUT2D eigenvalue weighted by atomic mass is 32.2. The van der Waals surface area contributed by atoms with Gasteiger partial charge < -0.3 is 14.4 Å². The summed E-state index contributed by atoms with van der Waals surface area (Å²) in [7, 11) is -1.91. The van der Waals surface area contributed by atoms with E-state index in [0.717, 1.165) is 38.0 Å². The summed E-state index contributed by atoms with van der Waals surface area (Å²) >= 11 is 0. The fraction of sp³-hybridized carbons (Fsp3) is 0.632. The van der Waals surface area contributed by atoms with Gasteiger partial charge in [-0.1, -0.05) is 0 Å². The molecule has 8 heteroatoms. The fourth-order valence-electron chi connectivity index (χ4n) is 4.44. The number of piperidine rings is 3. The molecule has 2 atom stereocenters. The first-order valence-corrected chi connectivity index (χ1v) is 11.0. The van der Waals surface area contributed by atoms with E-state index in [0.29, 0.717) is 24.7 Å². The van der Waals surface area contributed by atoms with Gasteiger partial charge in [-0.3, -0.25) is 0 Å². The van der Waals surface area contributed by atoms with E-state index in [2.05, 4.69) is 4.90 Å². The standard InChI is InChI=1S/C19H26N2O5S/c1-3-25-19(22)18-11-14-10-15(4-5-17(14)26-18)27(23,24)20(2)16-12-21-8-6-13(16)7-9-21/h4-5,10,13,16,18H,3,6-9,11-12H2,1-2H3. The Morgan fingerprint density at radius 1 is 1.33 bits per heavy atom. The Morgan fingerprint density at radius 2 is 2.07 bits per heavy atom. The minimum Gasteiger partial charge on any atom is -0.478 e. The van der Waals surface area contributed by atoms with Gasteiger partial charge in [0.1, 0.15) is 5.75 Å². The predicted octanol–water partition coefficient (Wildman–Crippen LogP) is 1.27. The Bertz CT molecular complexity index is 833. The van der Waals surface area contributed by atoms with Crippen molar-refractivity contribution in [1.29, 1.82) is 0 Å². The van der Waals surface area contributed by atoms with E-state index < -0.39 is 22.1 Å². The van der Waals surface area contributed by atoms with Gasteiger partial charge in [0.2, 0.25) is 10.0 Å². The molecule has 0 aromatic heterocycles. The first-order valence-electron chi connectivity index (χ1n) is 9.56. The quantitative estimate of drug-likeness (QED) is 0.700. The Morgan fingerprint density at radius 3 is 2.70 bits per heavy atom. The second-order valence-electron chi connectivity index (χ2n) is 7.56. The molecule has 7 nitrogen and oxygen atoms in total. The average molecular weight is 394 g/mol. The molecule has 3 fully saturated rings. The van der Waals surface area contributed by atoms with Crippen LogP contribution in [0.4, 0.5) is 0 Å². The summed E-state index contributed by atoms with van der Waals surface area (Å²) in [4.78, 5) is 14.5. The molecule has 148 valence electrons. The van der Waals surface area contributed by atoms with Gasteiger partial charge in [0.25, 0.3) is 0 Å². The minimum atomic E-state index is -3.60. The minimum absolute atomic E-state index is 0.0225. The zero-order valence-electron chi connectivity index (χ0n) is 15.8. The normalized spacial score (nSPS) is 29.4. The molecule has 0 saturated carbocycles. The fourth-order valence-corrected chi connectivity index (χ4v) is 5.90. The molecule has 2 unspecified atom stereocenters. The van der Waals surface area contributed by atoms with Crippen molar-refractivity contribution in [3.05, 3.63) is 23.8 Å². The number of fused-ring (bicyclic) bond motifs is 4. The molecule has 3 saturated heterocycles. The first-order chi connectivity index (χ1) is 12.9. The molecule has 0 radical (unpaired) electrons. The van der Waals surface area contributed by atoms with Crippen LogP contribution in [0.2, 0.25) is 0 Å². The first kappa shape index (κ1) is 18.7. The van der Waals surface area contributed by atoms with E-state index in [-0.39, 0.29) is 10.9 Å².